The first kappa shape index (κ1) is 14.3. The number of carbonyl (C=O) groups is 1. The van der Waals surface area contributed by atoms with Gasteiger partial charge in [0.05, 0.1) is 19.9 Å². The highest BCUT2D eigenvalue weighted by Gasteiger charge is 2.18. The van der Waals surface area contributed by atoms with Crippen molar-refractivity contribution in [3.05, 3.63) is 34.8 Å². The Hall–Kier alpha value is -2.08. The van der Waals surface area contributed by atoms with E-state index in [1.165, 1.54) is 18.4 Å². The largest absolute Gasteiger partial charge is 0.497 e. The first-order valence-corrected chi connectivity index (χ1v) is 6.82. The lowest BCUT2D eigenvalue weighted by Gasteiger charge is -2.16. The fourth-order valence-corrected chi connectivity index (χ4v) is 2.70. The molecule has 5 nitrogen and oxygen atoms in total. The van der Waals surface area contributed by atoms with E-state index in [9.17, 15) is 4.79 Å². The fraction of sp³-hybridized carbons (Fsp3) is 0.286. The van der Waals surface area contributed by atoms with E-state index < -0.39 is 0 Å². The Kier molecular flexibility index (Phi) is 4.24. The van der Waals surface area contributed by atoms with Gasteiger partial charge in [-0.25, -0.2) is 9.78 Å². The van der Waals surface area contributed by atoms with Crippen molar-refractivity contribution in [1.29, 1.82) is 0 Å². The number of rotatable bonds is 4. The van der Waals surface area contributed by atoms with E-state index in [-0.39, 0.29) is 5.97 Å². The lowest BCUT2D eigenvalue weighted by atomic mass is 10.3. The maximum atomic E-state index is 11.6. The van der Waals surface area contributed by atoms with E-state index >= 15 is 0 Å². The lowest BCUT2D eigenvalue weighted by molar-refractivity contribution is 0.0605. The van der Waals surface area contributed by atoms with Crippen molar-refractivity contribution in [2.45, 2.75) is 6.92 Å². The smallest absolute Gasteiger partial charge is 0.350 e. The molecule has 106 valence electrons. The van der Waals surface area contributed by atoms with Crippen molar-refractivity contribution in [2.75, 3.05) is 26.2 Å². The SMILES string of the molecule is COC(=O)c1sc(N(C)c2cccc(OC)c2)nc1C. The molecule has 0 saturated heterocycles. The summed E-state index contributed by atoms with van der Waals surface area (Å²) in [4.78, 5) is 18.5. The monoisotopic (exact) mass is 292 g/mol. The number of nitrogens with zero attached hydrogens (tertiary/aromatic N) is 2. The Morgan fingerprint density at radius 3 is 2.75 bits per heavy atom. The van der Waals surface area contributed by atoms with Crippen LogP contribution in [0.5, 0.6) is 5.75 Å². The summed E-state index contributed by atoms with van der Waals surface area (Å²) in [5, 5.41) is 0.733. The maximum Gasteiger partial charge on any atom is 0.350 e. The van der Waals surface area contributed by atoms with Gasteiger partial charge in [0.2, 0.25) is 0 Å². The first-order valence-electron chi connectivity index (χ1n) is 6.00. The number of hydrogen-bond acceptors (Lipinski definition) is 6. The molecule has 2 rings (SSSR count). The molecule has 0 fully saturated rings. The molecule has 1 heterocycles. The number of aryl methyl sites for hydroxylation is 1. The van der Waals surface area contributed by atoms with Gasteiger partial charge in [0.15, 0.2) is 5.13 Å². The molecule has 1 aromatic heterocycles. The molecule has 20 heavy (non-hydrogen) atoms. The number of thiazole rings is 1. The molecule has 0 aliphatic carbocycles. The van der Waals surface area contributed by atoms with E-state index in [1.54, 1.807) is 14.0 Å². The zero-order chi connectivity index (χ0) is 14.7. The highest BCUT2D eigenvalue weighted by atomic mass is 32.1. The van der Waals surface area contributed by atoms with Gasteiger partial charge >= 0.3 is 5.97 Å². The molecule has 0 N–H and O–H groups in total. The molecule has 0 radical (unpaired) electrons. The van der Waals surface area contributed by atoms with Gasteiger partial charge in [-0.2, -0.15) is 0 Å². The van der Waals surface area contributed by atoms with E-state index in [0.29, 0.717) is 10.6 Å². The van der Waals surface area contributed by atoms with E-state index in [0.717, 1.165) is 16.6 Å². The summed E-state index contributed by atoms with van der Waals surface area (Å²) in [6, 6.07) is 7.66. The third-order valence-electron chi connectivity index (χ3n) is 2.88. The molecular weight excluding hydrogens is 276 g/mol. The second kappa shape index (κ2) is 5.92. The summed E-state index contributed by atoms with van der Waals surface area (Å²) >= 11 is 1.31. The highest BCUT2D eigenvalue weighted by molar-refractivity contribution is 7.17. The normalized spacial score (nSPS) is 10.2. The van der Waals surface area contributed by atoms with Crippen molar-refractivity contribution in [3.8, 4) is 5.75 Å². The van der Waals surface area contributed by atoms with Gasteiger partial charge in [-0.15, -0.1) is 0 Å². The average molecular weight is 292 g/mol. The van der Waals surface area contributed by atoms with Crippen LogP contribution in [0.4, 0.5) is 10.8 Å². The summed E-state index contributed by atoms with van der Waals surface area (Å²) in [5.74, 6) is 0.418. The minimum absolute atomic E-state index is 0.356. The minimum Gasteiger partial charge on any atom is -0.497 e. The molecule has 1 aromatic carbocycles. The van der Waals surface area contributed by atoms with Crippen molar-refractivity contribution in [2.24, 2.45) is 0 Å². The van der Waals surface area contributed by atoms with E-state index in [2.05, 4.69) is 4.98 Å². The molecule has 0 unspecified atom stereocenters. The van der Waals surface area contributed by atoms with Gasteiger partial charge in [-0.3, -0.25) is 0 Å². The van der Waals surface area contributed by atoms with Crippen molar-refractivity contribution < 1.29 is 14.3 Å². The standard InChI is InChI=1S/C14H16N2O3S/c1-9-12(13(17)19-4)20-14(15-9)16(2)10-6-5-7-11(8-10)18-3/h5-8H,1-4H3. The number of hydrogen-bond donors (Lipinski definition) is 0. The van der Waals surface area contributed by atoms with Gasteiger partial charge in [0.1, 0.15) is 10.6 Å². The molecule has 0 saturated carbocycles. The topological polar surface area (TPSA) is 51.7 Å². The number of benzene rings is 1. The number of methoxy groups -OCH3 is 2. The van der Waals surface area contributed by atoms with Crippen LogP contribution >= 0.6 is 11.3 Å². The Morgan fingerprint density at radius 2 is 2.10 bits per heavy atom. The third kappa shape index (κ3) is 2.75. The zero-order valence-electron chi connectivity index (χ0n) is 11.8. The zero-order valence-corrected chi connectivity index (χ0v) is 12.7. The highest BCUT2D eigenvalue weighted by Crippen LogP contribution is 2.32. The first-order chi connectivity index (χ1) is 9.56. The van der Waals surface area contributed by atoms with Crippen LogP contribution in [0.25, 0.3) is 0 Å². The summed E-state index contributed by atoms with van der Waals surface area (Å²) in [6.07, 6.45) is 0. The lowest BCUT2D eigenvalue weighted by Crippen LogP contribution is -2.08. The Morgan fingerprint density at radius 1 is 1.35 bits per heavy atom. The Labute approximate surface area is 121 Å². The fourth-order valence-electron chi connectivity index (χ4n) is 1.74. The average Bonchev–Trinajstić information content (AvgIpc) is 2.87. The molecule has 2 aromatic rings. The second-order valence-electron chi connectivity index (χ2n) is 4.16. The van der Waals surface area contributed by atoms with Crippen LogP contribution in [0.2, 0.25) is 0 Å². The van der Waals surface area contributed by atoms with Crippen LogP contribution in [0.3, 0.4) is 0 Å². The molecule has 0 spiro atoms. The summed E-state index contributed by atoms with van der Waals surface area (Å²) in [5.41, 5.74) is 1.61. The van der Waals surface area contributed by atoms with Crippen LogP contribution in [0.1, 0.15) is 15.4 Å². The van der Waals surface area contributed by atoms with Gasteiger partial charge in [-0.05, 0) is 19.1 Å². The molecule has 6 heteroatoms. The van der Waals surface area contributed by atoms with Gasteiger partial charge in [-0.1, -0.05) is 17.4 Å². The predicted octanol–water partition coefficient (Wildman–Crippen LogP) is 3.01. The van der Waals surface area contributed by atoms with E-state index in [4.69, 9.17) is 9.47 Å². The summed E-state index contributed by atoms with van der Waals surface area (Å²) in [7, 11) is 4.89. The van der Waals surface area contributed by atoms with Gasteiger partial charge < -0.3 is 14.4 Å². The second-order valence-corrected chi connectivity index (χ2v) is 5.14. The summed E-state index contributed by atoms with van der Waals surface area (Å²) in [6.45, 7) is 1.80. The number of ether oxygens (including phenoxy) is 2. The molecule has 0 amide bonds. The van der Waals surface area contributed by atoms with Gasteiger partial charge in [0, 0.05) is 18.8 Å². The maximum absolute atomic E-state index is 11.6. The molecular formula is C14H16N2O3S. The van der Waals surface area contributed by atoms with Crippen LogP contribution in [0, 0.1) is 6.92 Å². The number of anilines is 2. The number of aromatic nitrogens is 1. The quantitative estimate of drug-likeness (QED) is 0.811. The van der Waals surface area contributed by atoms with Crippen molar-refractivity contribution in [3.63, 3.8) is 0 Å². The predicted molar refractivity (Wildman–Crippen MR) is 79.2 cm³/mol. The molecule has 0 aliphatic rings. The number of carbonyl (C=O) groups excluding carboxylic acids is 1. The minimum atomic E-state index is -0.356. The van der Waals surface area contributed by atoms with Crippen molar-refractivity contribution in [1.82, 2.24) is 4.98 Å². The van der Waals surface area contributed by atoms with Gasteiger partial charge in [0.25, 0.3) is 0 Å². The van der Waals surface area contributed by atoms with Crippen molar-refractivity contribution >= 4 is 28.1 Å². The number of esters is 1. The van der Waals surface area contributed by atoms with E-state index in [1.807, 2.05) is 36.2 Å². The van der Waals surface area contributed by atoms with Crippen LogP contribution in [-0.2, 0) is 4.74 Å². The third-order valence-corrected chi connectivity index (χ3v) is 4.10. The summed E-state index contributed by atoms with van der Waals surface area (Å²) < 4.78 is 9.95. The Balaban J connectivity index is 2.33. The van der Waals surface area contributed by atoms with Crippen LogP contribution in [-0.4, -0.2) is 32.2 Å². The van der Waals surface area contributed by atoms with Crippen LogP contribution in [0.15, 0.2) is 24.3 Å². The molecule has 0 bridgehead atoms. The molecule has 0 aliphatic heterocycles. The molecule has 0 atom stereocenters. The van der Waals surface area contributed by atoms with Crippen LogP contribution < -0.4 is 9.64 Å². The Bertz CT molecular complexity index is 625.